The van der Waals surface area contributed by atoms with Gasteiger partial charge in [-0.3, -0.25) is 0 Å². The SMILES string of the molecule is CC(C)NCc1sccc1S(=O)(=O)NCC(C)(C)N(C)C. The zero-order valence-electron chi connectivity index (χ0n) is 13.7. The molecule has 0 saturated heterocycles. The van der Waals surface area contributed by atoms with Gasteiger partial charge in [0, 0.05) is 29.5 Å². The zero-order chi connectivity index (χ0) is 16.3. The lowest BCUT2D eigenvalue weighted by molar-refractivity contribution is 0.199. The van der Waals surface area contributed by atoms with Crippen LogP contribution in [0.25, 0.3) is 0 Å². The van der Waals surface area contributed by atoms with Crippen LogP contribution in [0.15, 0.2) is 16.3 Å². The van der Waals surface area contributed by atoms with Crippen LogP contribution in [0.2, 0.25) is 0 Å². The van der Waals surface area contributed by atoms with Gasteiger partial charge in [-0.1, -0.05) is 13.8 Å². The van der Waals surface area contributed by atoms with Crippen LogP contribution in [0.1, 0.15) is 32.6 Å². The molecule has 0 spiro atoms. The van der Waals surface area contributed by atoms with Gasteiger partial charge in [0.15, 0.2) is 0 Å². The third-order valence-corrected chi connectivity index (χ3v) is 6.11. The van der Waals surface area contributed by atoms with Crippen LogP contribution in [0.5, 0.6) is 0 Å². The Morgan fingerprint density at radius 2 is 1.95 bits per heavy atom. The first kappa shape index (κ1) is 18.6. The quantitative estimate of drug-likeness (QED) is 0.762. The minimum atomic E-state index is -3.47. The molecular weight excluding hydrogens is 306 g/mol. The minimum Gasteiger partial charge on any atom is -0.310 e. The summed E-state index contributed by atoms with van der Waals surface area (Å²) in [6, 6.07) is 2.00. The van der Waals surface area contributed by atoms with Crippen molar-refractivity contribution in [3.05, 3.63) is 16.3 Å². The van der Waals surface area contributed by atoms with Gasteiger partial charge in [0.1, 0.15) is 0 Å². The highest BCUT2D eigenvalue weighted by molar-refractivity contribution is 7.89. The first-order chi connectivity index (χ1) is 9.56. The zero-order valence-corrected chi connectivity index (χ0v) is 15.4. The fourth-order valence-electron chi connectivity index (χ4n) is 1.50. The van der Waals surface area contributed by atoms with Gasteiger partial charge in [0.2, 0.25) is 10.0 Å². The van der Waals surface area contributed by atoms with E-state index in [1.807, 2.05) is 52.1 Å². The normalized spacial score (nSPS) is 13.3. The summed E-state index contributed by atoms with van der Waals surface area (Å²) < 4.78 is 27.7. The van der Waals surface area contributed by atoms with E-state index in [0.29, 0.717) is 24.0 Å². The van der Waals surface area contributed by atoms with E-state index in [-0.39, 0.29) is 5.54 Å². The summed E-state index contributed by atoms with van der Waals surface area (Å²) in [6.07, 6.45) is 0. The Labute approximate surface area is 132 Å². The van der Waals surface area contributed by atoms with Crippen LogP contribution in [0.4, 0.5) is 0 Å². The van der Waals surface area contributed by atoms with Gasteiger partial charge in [0.25, 0.3) is 0 Å². The number of hydrogen-bond acceptors (Lipinski definition) is 5. The van der Waals surface area contributed by atoms with Crippen LogP contribution in [-0.4, -0.2) is 45.5 Å². The second kappa shape index (κ2) is 7.19. The summed E-state index contributed by atoms with van der Waals surface area (Å²) in [6.45, 7) is 9.03. The van der Waals surface area contributed by atoms with Crippen LogP contribution in [0.3, 0.4) is 0 Å². The molecule has 0 aromatic carbocycles. The molecule has 122 valence electrons. The standard InChI is InChI=1S/C14H27N3O2S2/c1-11(2)15-9-12-13(7-8-20-12)21(18,19)16-10-14(3,4)17(5)6/h7-8,11,15-16H,9-10H2,1-6H3. The van der Waals surface area contributed by atoms with E-state index in [9.17, 15) is 8.42 Å². The summed E-state index contributed by atoms with van der Waals surface area (Å²) >= 11 is 1.47. The Kier molecular flexibility index (Phi) is 6.36. The van der Waals surface area contributed by atoms with E-state index in [1.165, 1.54) is 11.3 Å². The van der Waals surface area contributed by atoms with E-state index < -0.39 is 10.0 Å². The lowest BCUT2D eigenvalue weighted by Gasteiger charge is -2.32. The van der Waals surface area contributed by atoms with Crippen molar-refractivity contribution in [1.29, 1.82) is 0 Å². The Balaban J connectivity index is 2.82. The first-order valence-electron chi connectivity index (χ1n) is 7.03. The molecule has 21 heavy (non-hydrogen) atoms. The summed E-state index contributed by atoms with van der Waals surface area (Å²) in [5.74, 6) is 0. The van der Waals surface area contributed by atoms with Crippen molar-refractivity contribution in [2.75, 3.05) is 20.6 Å². The number of hydrogen-bond donors (Lipinski definition) is 2. The van der Waals surface area contributed by atoms with Crippen molar-refractivity contribution in [3.63, 3.8) is 0 Å². The lowest BCUT2D eigenvalue weighted by Crippen LogP contribution is -2.48. The third kappa shape index (κ3) is 5.34. The van der Waals surface area contributed by atoms with E-state index in [0.717, 1.165) is 4.88 Å². The Hall–Kier alpha value is -0.470. The molecule has 1 rings (SSSR count). The van der Waals surface area contributed by atoms with Gasteiger partial charge in [0.05, 0.1) is 4.90 Å². The van der Waals surface area contributed by atoms with Crippen molar-refractivity contribution >= 4 is 21.4 Å². The molecule has 1 aromatic rings. The minimum absolute atomic E-state index is 0.237. The van der Waals surface area contributed by atoms with Crippen LogP contribution >= 0.6 is 11.3 Å². The molecule has 2 N–H and O–H groups in total. The maximum Gasteiger partial charge on any atom is 0.241 e. The average molecular weight is 334 g/mol. The molecule has 0 bridgehead atoms. The molecule has 7 heteroatoms. The van der Waals surface area contributed by atoms with Gasteiger partial charge < -0.3 is 10.2 Å². The molecule has 0 aliphatic heterocycles. The predicted molar refractivity (Wildman–Crippen MR) is 89.2 cm³/mol. The van der Waals surface area contributed by atoms with Crippen LogP contribution < -0.4 is 10.0 Å². The van der Waals surface area contributed by atoms with Gasteiger partial charge >= 0.3 is 0 Å². The summed E-state index contributed by atoms with van der Waals surface area (Å²) in [7, 11) is 0.414. The number of rotatable bonds is 8. The largest absolute Gasteiger partial charge is 0.310 e. The van der Waals surface area contributed by atoms with Crippen molar-refractivity contribution in [3.8, 4) is 0 Å². The summed E-state index contributed by atoms with van der Waals surface area (Å²) in [5, 5.41) is 5.08. The molecule has 0 aliphatic carbocycles. The third-order valence-electron chi connectivity index (χ3n) is 3.57. The number of thiophene rings is 1. The molecule has 0 saturated carbocycles. The lowest BCUT2D eigenvalue weighted by atomic mass is 10.1. The van der Waals surface area contributed by atoms with Crippen molar-refractivity contribution in [1.82, 2.24) is 14.9 Å². The van der Waals surface area contributed by atoms with E-state index in [2.05, 4.69) is 10.0 Å². The van der Waals surface area contributed by atoms with E-state index in [4.69, 9.17) is 0 Å². The van der Waals surface area contributed by atoms with Crippen LogP contribution in [-0.2, 0) is 16.6 Å². The molecule has 0 fully saturated rings. The highest BCUT2D eigenvalue weighted by Crippen LogP contribution is 2.22. The number of nitrogens with one attached hydrogen (secondary N) is 2. The van der Waals surface area contributed by atoms with Gasteiger partial charge in [-0.25, -0.2) is 13.1 Å². The van der Waals surface area contributed by atoms with Gasteiger partial charge in [-0.15, -0.1) is 11.3 Å². The molecule has 0 aliphatic rings. The van der Waals surface area contributed by atoms with E-state index >= 15 is 0 Å². The molecule has 5 nitrogen and oxygen atoms in total. The van der Waals surface area contributed by atoms with Gasteiger partial charge in [-0.2, -0.15) is 0 Å². The molecular formula is C14H27N3O2S2. The summed E-state index contributed by atoms with van der Waals surface area (Å²) in [4.78, 5) is 3.23. The molecule has 1 heterocycles. The molecule has 0 atom stereocenters. The molecule has 0 amide bonds. The van der Waals surface area contributed by atoms with Crippen molar-refractivity contribution in [2.45, 2.75) is 50.7 Å². The molecule has 0 unspecified atom stereocenters. The second-order valence-corrected chi connectivity index (χ2v) is 9.01. The van der Waals surface area contributed by atoms with E-state index in [1.54, 1.807) is 6.07 Å². The first-order valence-corrected chi connectivity index (χ1v) is 9.39. The topological polar surface area (TPSA) is 61.4 Å². The number of likely N-dealkylation sites (N-methyl/N-ethyl adjacent to an activating group) is 1. The fraction of sp³-hybridized carbons (Fsp3) is 0.714. The second-order valence-electron chi connectivity index (χ2n) is 6.28. The summed E-state index contributed by atoms with van der Waals surface area (Å²) in [5.41, 5.74) is -0.237. The maximum absolute atomic E-state index is 12.5. The Morgan fingerprint density at radius 1 is 1.33 bits per heavy atom. The molecule has 0 radical (unpaired) electrons. The molecule has 1 aromatic heterocycles. The smallest absolute Gasteiger partial charge is 0.241 e. The Bertz CT molecular complexity index is 548. The predicted octanol–water partition coefficient (Wildman–Crippen LogP) is 1.86. The number of sulfonamides is 1. The van der Waals surface area contributed by atoms with Gasteiger partial charge in [-0.05, 0) is 39.4 Å². The van der Waals surface area contributed by atoms with Crippen molar-refractivity contribution < 1.29 is 8.42 Å². The number of nitrogens with zero attached hydrogens (tertiary/aromatic N) is 1. The highest BCUT2D eigenvalue weighted by Gasteiger charge is 2.26. The average Bonchev–Trinajstić information content (AvgIpc) is 2.83. The monoisotopic (exact) mass is 333 g/mol. The van der Waals surface area contributed by atoms with Crippen molar-refractivity contribution in [2.24, 2.45) is 0 Å². The maximum atomic E-state index is 12.5. The van der Waals surface area contributed by atoms with Crippen LogP contribution in [0, 0.1) is 0 Å². The highest BCUT2D eigenvalue weighted by atomic mass is 32.2. The Morgan fingerprint density at radius 3 is 2.48 bits per heavy atom. The fourth-order valence-corrected chi connectivity index (χ4v) is 4.10.